The van der Waals surface area contributed by atoms with Crippen LogP contribution in [0.4, 0.5) is 0 Å². The van der Waals surface area contributed by atoms with E-state index < -0.39 is 6.04 Å². The van der Waals surface area contributed by atoms with Crippen LogP contribution in [-0.2, 0) is 9.59 Å². The second kappa shape index (κ2) is 9.38. The molecule has 1 aromatic heterocycles. The Morgan fingerprint density at radius 2 is 1.85 bits per heavy atom. The van der Waals surface area contributed by atoms with E-state index in [4.69, 9.17) is 4.42 Å². The van der Waals surface area contributed by atoms with Gasteiger partial charge in [-0.05, 0) is 26.3 Å². The van der Waals surface area contributed by atoms with Gasteiger partial charge in [-0.25, -0.2) is 0 Å². The maximum atomic E-state index is 12.5. The molecule has 2 unspecified atom stereocenters. The maximum Gasteiger partial charge on any atom is 0.255 e. The molecule has 1 aliphatic heterocycles. The predicted molar refractivity (Wildman–Crippen MR) is 96.6 cm³/mol. The van der Waals surface area contributed by atoms with Gasteiger partial charge in [0, 0.05) is 32.2 Å². The molecule has 1 fully saturated rings. The third kappa shape index (κ3) is 5.59. The SMILES string of the molecule is CCC(C)NC(=O)CN1CCN(C(=O)C(C)NC(=O)c2ccoc2)CC1. The highest BCUT2D eigenvalue weighted by Gasteiger charge is 2.27. The van der Waals surface area contributed by atoms with Gasteiger partial charge >= 0.3 is 0 Å². The Hall–Kier alpha value is -2.35. The number of hydrogen-bond donors (Lipinski definition) is 2. The van der Waals surface area contributed by atoms with Crippen molar-refractivity contribution in [1.29, 1.82) is 0 Å². The topological polar surface area (TPSA) is 94.9 Å². The number of amides is 3. The number of nitrogens with zero attached hydrogens (tertiary/aromatic N) is 2. The van der Waals surface area contributed by atoms with E-state index in [0.717, 1.165) is 6.42 Å². The van der Waals surface area contributed by atoms with E-state index in [-0.39, 0.29) is 23.8 Å². The van der Waals surface area contributed by atoms with Crippen LogP contribution in [-0.4, -0.2) is 72.3 Å². The minimum Gasteiger partial charge on any atom is -0.472 e. The zero-order valence-corrected chi connectivity index (χ0v) is 15.7. The van der Waals surface area contributed by atoms with E-state index in [1.54, 1.807) is 17.9 Å². The smallest absolute Gasteiger partial charge is 0.255 e. The van der Waals surface area contributed by atoms with Gasteiger partial charge in [0.2, 0.25) is 11.8 Å². The van der Waals surface area contributed by atoms with E-state index in [9.17, 15) is 14.4 Å². The molecule has 2 rings (SSSR count). The van der Waals surface area contributed by atoms with Gasteiger partial charge in [-0.1, -0.05) is 6.92 Å². The van der Waals surface area contributed by atoms with E-state index >= 15 is 0 Å². The van der Waals surface area contributed by atoms with E-state index in [2.05, 4.69) is 10.6 Å². The van der Waals surface area contributed by atoms with Crippen LogP contribution in [0, 0.1) is 0 Å². The molecule has 2 heterocycles. The Morgan fingerprint density at radius 1 is 1.15 bits per heavy atom. The maximum absolute atomic E-state index is 12.5. The number of carbonyl (C=O) groups is 3. The standard InChI is InChI=1S/C18H28N4O4/c1-4-13(2)19-16(23)11-21-6-8-22(9-7-21)18(25)14(3)20-17(24)15-5-10-26-12-15/h5,10,12-14H,4,6-9,11H2,1-3H3,(H,19,23)(H,20,24). The molecule has 1 aliphatic rings. The molecule has 0 aliphatic carbocycles. The highest BCUT2D eigenvalue weighted by atomic mass is 16.3. The molecule has 2 atom stereocenters. The van der Waals surface area contributed by atoms with Gasteiger partial charge in [-0.2, -0.15) is 0 Å². The summed E-state index contributed by atoms with van der Waals surface area (Å²) in [5.41, 5.74) is 0.391. The van der Waals surface area contributed by atoms with Crippen molar-refractivity contribution < 1.29 is 18.8 Å². The number of piperazine rings is 1. The Kier molecular flexibility index (Phi) is 7.20. The van der Waals surface area contributed by atoms with Crippen molar-refractivity contribution in [3.05, 3.63) is 24.2 Å². The lowest BCUT2D eigenvalue weighted by molar-refractivity contribution is -0.134. The lowest BCUT2D eigenvalue weighted by atomic mass is 10.2. The van der Waals surface area contributed by atoms with Crippen molar-refractivity contribution in [3.8, 4) is 0 Å². The molecule has 0 aromatic carbocycles. The van der Waals surface area contributed by atoms with Gasteiger partial charge < -0.3 is 20.0 Å². The normalized spacial score (nSPS) is 17.4. The fraction of sp³-hybridized carbons (Fsp3) is 0.611. The van der Waals surface area contributed by atoms with Crippen molar-refractivity contribution in [2.24, 2.45) is 0 Å². The summed E-state index contributed by atoms with van der Waals surface area (Å²) in [6.07, 6.45) is 3.66. The first-order chi connectivity index (χ1) is 12.4. The molecule has 144 valence electrons. The number of rotatable bonds is 7. The van der Waals surface area contributed by atoms with Crippen LogP contribution < -0.4 is 10.6 Å². The van der Waals surface area contributed by atoms with Gasteiger partial charge in [0.15, 0.2) is 0 Å². The van der Waals surface area contributed by atoms with Crippen LogP contribution in [0.3, 0.4) is 0 Å². The molecule has 8 nitrogen and oxygen atoms in total. The number of furan rings is 1. The molecule has 0 spiro atoms. The zero-order valence-electron chi connectivity index (χ0n) is 15.7. The number of carbonyl (C=O) groups excluding carboxylic acids is 3. The van der Waals surface area contributed by atoms with Crippen LogP contribution in [0.5, 0.6) is 0 Å². The van der Waals surface area contributed by atoms with E-state index in [0.29, 0.717) is 38.3 Å². The average Bonchev–Trinajstić information content (AvgIpc) is 3.16. The molecule has 8 heteroatoms. The van der Waals surface area contributed by atoms with Gasteiger partial charge in [-0.15, -0.1) is 0 Å². The minimum atomic E-state index is -0.613. The van der Waals surface area contributed by atoms with Crippen molar-refractivity contribution in [2.45, 2.75) is 39.3 Å². The monoisotopic (exact) mass is 364 g/mol. The second-order valence-electron chi connectivity index (χ2n) is 6.69. The molecular formula is C18H28N4O4. The summed E-state index contributed by atoms with van der Waals surface area (Å²) in [4.78, 5) is 40.2. The van der Waals surface area contributed by atoms with Crippen molar-refractivity contribution >= 4 is 17.7 Å². The average molecular weight is 364 g/mol. The molecule has 0 radical (unpaired) electrons. The fourth-order valence-electron chi connectivity index (χ4n) is 2.76. The van der Waals surface area contributed by atoms with Gasteiger partial charge in [0.05, 0.1) is 18.4 Å². The largest absolute Gasteiger partial charge is 0.472 e. The summed E-state index contributed by atoms with van der Waals surface area (Å²) in [7, 11) is 0. The molecule has 3 amide bonds. The fourth-order valence-corrected chi connectivity index (χ4v) is 2.76. The summed E-state index contributed by atoms with van der Waals surface area (Å²) in [5, 5.41) is 5.63. The molecular weight excluding hydrogens is 336 g/mol. The Bertz CT molecular complexity index is 609. The molecule has 2 N–H and O–H groups in total. The quantitative estimate of drug-likeness (QED) is 0.733. The molecule has 26 heavy (non-hydrogen) atoms. The first kappa shape index (κ1) is 20.0. The van der Waals surface area contributed by atoms with E-state index in [1.807, 2.05) is 18.7 Å². The molecule has 0 saturated carbocycles. The summed E-state index contributed by atoms with van der Waals surface area (Å²) < 4.78 is 4.87. The van der Waals surface area contributed by atoms with Gasteiger partial charge in [-0.3, -0.25) is 19.3 Å². The van der Waals surface area contributed by atoms with Gasteiger partial charge in [0.1, 0.15) is 12.3 Å². The lowest BCUT2D eigenvalue weighted by Crippen LogP contribution is -2.55. The Balaban J connectivity index is 1.75. The van der Waals surface area contributed by atoms with Crippen molar-refractivity contribution in [3.63, 3.8) is 0 Å². The van der Waals surface area contributed by atoms with Crippen molar-refractivity contribution in [2.75, 3.05) is 32.7 Å². The highest BCUT2D eigenvalue weighted by molar-refractivity contribution is 5.97. The zero-order chi connectivity index (χ0) is 19.1. The van der Waals surface area contributed by atoms with Crippen molar-refractivity contribution in [1.82, 2.24) is 20.4 Å². The van der Waals surface area contributed by atoms with Gasteiger partial charge in [0.25, 0.3) is 5.91 Å². The summed E-state index contributed by atoms with van der Waals surface area (Å²) in [6, 6.07) is 1.11. The lowest BCUT2D eigenvalue weighted by Gasteiger charge is -2.35. The Labute approximate surface area is 153 Å². The van der Waals surface area contributed by atoms with Crippen LogP contribution in [0.1, 0.15) is 37.6 Å². The highest BCUT2D eigenvalue weighted by Crippen LogP contribution is 2.06. The minimum absolute atomic E-state index is 0.0138. The molecule has 1 saturated heterocycles. The van der Waals surface area contributed by atoms with Crippen LogP contribution in [0.25, 0.3) is 0 Å². The van der Waals surface area contributed by atoms with E-state index in [1.165, 1.54) is 12.5 Å². The number of hydrogen-bond acceptors (Lipinski definition) is 5. The third-order valence-corrected chi connectivity index (χ3v) is 4.57. The molecule has 0 bridgehead atoms. The van der Waals surface area contributed by atoms with Crippen LogP contribution >= 0.6 is 0 Å². The first-order valence-corrected chi connectivity index (χ1v) is 9.04. The summed E-state index contributed by atoms with van der Waals surface area (Å²) in [5.74, 6) is -0.439. The van der Waals surface area contributed by atoms with Crippen LogP contribution in [0.2, 0.25) is 0 Å². The summed E-state index contributed by atoms with van der Waals surface area (Å²) in [6.45, 7) is 8.40. The summed E-state index contributed by atoms with van der Waals surface area (Å²) >= 11 is 0. The second-order valence-corrected chi connectivity index (χ2v) is 6.69. The van der Waals surface area contributed by atoms with Crippen LogP contribution in [0.15, 0.2) is 23.0 Å². The predicted octanol–water partition coefficient (Wildman–Crippen LogP) is 0.457. The Morgan fingerprint density at radius 3 is 2.42 bits per heavy atom. The first-order valence-electron chi connectivity index (χ1n) is 9.04. The molecule has 1 aromatic rings. The number of nitrogens with one attached hydrogen (secondary N) is 2. The third-order valence-electron chi connectivity index (χ3n) is 4.57.